The highest BCUT2D eigenvalue weighted by molar-refractivity contribution is 5.96. The molecule has 0 radical (unpaired) electrons. The third-order valence-electron chi connectivity index (χ3n) is 5.08. The molecule has 2 aromatic rings. The van der Waals surface area contributed by atoms with Crippen molar-refractivity contribution in [2.75, 3.05) is 20.2 Å². The van der Waals surface area contributed by atoms with Gasteiger partial charge in [0.15, 0.2) is 0 Å². The summed E-state index contributed by atoms with van der Waals surface area (Å²) >= 11 is 0. The number of aryl methyl sites for hydroxylation is 2. The highest BCUT2D eigenvalue weighted by Gasteiger charge is 2.26. The second kappa shape index (κ2) is 6.81. The molecule has 1 aromatic heterocycles. The second-order valence-electron chi connectivity index (χ2n) is 6.63. The average Bonchev–Trinajstić information content (AvgIpc) is 2.89. The van der Waals surface area contributed by atoms with Crippen LogP contribution in [0.2, 0.25) is 0 Å². The van der Waals surface area contributed by atoms with Gasteiger partial charge in [-0.25, -0.2) is 0 Å². The fourth-order valence-electron chi connectivity index (χ4n) is 3.63. The molecule has 0 bridgehead atoms. The summed E-state index contributed by atoms with van der Waals surface area (Å²) in [6.45, 7) is 7.74. The topological polar surface area (TPSA) is 34.5 Å². The molecule has 1 saturated heterocycles. The van der Waals surface area contributed by atoms with Crippen LogP contribution >= 0.6 is 0 Å². The zero-order chi connectivity index (χ0) is 17.3. The lowest BCUT2D eigenvalue weighted by Gasteiger charge is -2.31. The number of ether oxygens (including phenoxy) is 1. The van der Waals surface area contributed by atoms with Crippen molar-refractivity contribution in [3.05, 3.63) is 52.8 Å². The molecule has 0 atom stereocenters. The first-order valence-electron chi connectivity index (χ1n) is 8.60. The SMILES string of the molecule is COC1CCN(C(=O)c2cc(C)n(-c3ccccc3C)c2C)CC1. The predicted molar refractivity (Wildman–Crippen MR) is 95.9 cm³/mol. The Balaban J connectivity index is 1.89. The van der Waals surface area contributed by atoms with Crippen LogP contribution in [0.25, 0.3) is 5.69 Å². The predicted octanol–water partition coefficient (Wildman–Crippen LogP) is 3.65. The van der Waals surface area contributed by atoms with E-state index in [0.717, 1.165) is 48.6 Å². The van der Waals surface area contributed by atoms with E-state index in [1.165, 1.54) is 5.56 Å². The Bertz CT molecular complexity index is 740. The van der Waals surface area contributed by atoms with E-state index in [9.17, 15) is 4.79 Å². The molecule has 1 amide bonds. The fourth-order valence-corrected chi connectivity index (χ4v) is 3.63. The van der Waals surface area contributed by atoms with E-state index in [1.54, 1.807) is 7.11 Å². The van der Waals surface area contributed by atoms with Crippen LogP contribution < -0.4 is 0 Å². The Hall–Kier alpha value is -2.07. The number of carbonyl (C=O) groups is 1. The molecule has 4 heteroatoms. The lowest BCUT2D eigenvalue weighted by molar-refractivity contribution is 0.0350. The molecule has 0 unspecified atom stereocenters. The maximum absolute atomic E-state index is 13.0. The summed E-state index contributed by atoms with van der Waals surface area (Å²) in [5, 5.41) is 0. The molecule has 0 N–H and O–H groups in total. The van der Waals surface area contributed by atoms with E-state index in [4.69, 9.17) is 4.74 Å². The summed E-state index contributed by atoms with van der Waals surface area (Å²) in [6.07, 6.45) is 2.12. The Morgan fingerprint density at radius 3 is 2.42 bits per heavy atom. The van der Waals surface area contributed by atoms with Gasteiger partial charge in [-0.15, -0.1) is 0 Å². The minimum absolute atomic E-state index is 0.137. The van der Waals surface area contributed by atoms with Gasteiger partial charge in [0.2, 0.25) is 0 Å². The van der Waals surface area contributed by atoms with Crippen LogP contribution in [0, 0.1) is 20.8 Å². The van der Waals surface area contributed by atoms with E-state index in [2.05, 4.69) is 30.5 Å². The van der Waals surface area contributed by atoms with Gasteiger partial charge < -0.3 is 14.2 Å². The molecular formula is C20H26N2O2. The smallest absolute Gasteiger partial charge is 0.255 e. The molecule has 1 fully saturated rings. The summed E-state index contributed by atoms with van der Waals surface area (Å²) in [6, 6.07) is 10.3. The summed E-state index contributed by atoms with van der Waals surface area (Å²) in [7, 11) is 1.75. The first-order valence-corrected chi connectivity index (χ1v) is 8.60. The normalized spacial score (nSPS) is 15.8. The molecule has 1 aromatic carbocycles. The molecule has 0 aliphatic carbocycles. The Morgan fingerprint density at radius 2 is 1.79 bits per heavy atom. The molecular weight excluding hydrogens is 300 g/mol. The van der Waals surface area contributed by atoms with Crippen LogP contribution in [-0.4, -0.2) is 41.7 Å². The van der Waals surface area contributed by atoms with Crippen molar-refractivity contribution in [3.63, 3.8) is 0 Å². The van der Waals surface area contributed by atoms with Gasteiger partial charge in [0.1, 0.15) is 0 Å². The molecule has 0 saturated carbocycles. The van der Waals surface area contributed by atoms with Gasteiger partial charge in [-0.2, -0.15) is 0 Å². The van der Waals surface area contributed by atoms with E-state index >= 15 is 0 Å². The van der Waals surface area contributed by atoms with Crippen molar-refractivity contribution in [1.29, 1.82) is 0 Å². The lowest BCUT2D eigenvalue weighted by Crippen LogP contribution is -2.40. The standard InChI is InChI=1S/C20H26N2O2/c1-14-7-5-6-8-19(14)22-15(2)13-18(16(22)3)20(23)21-11-9-17(24-4)10-12-21/h5-8,13,17H,9-12H2,1-4H3. The van der Waals surface area contributed by atoms with Gasteiger partial charge in [0, 0.05) is 37.3 Å². The summed E-state index contributed by atoms with van der Waals surface area (Å²) in [4.78, 5) is 14.9. The number of hydrogen-bond acceptors (Lipinski definition) is 2. The minimum atomic E-state index is 0.137. The number of likely N-dealkylation sites (tertiary alicyclic amines) is 1. The van der Waals surface area contributed by atoms with Crippen LogP contribution in [-0.2, 0) is 4.74 Å². The van der Waals surface area contributed by atoms with E-state index in [-0.39, 0.29) is 12.0 Å². The first kappa shape index (κ1) is 16.8. The maximum Gasteiger partial charge on any atom is 0.255 e. The molecule has 2 heterocycles. The van der Waals surface area contributed by atoms with Crippen molar-refractivity contribution >= 4 is 5.91 Å². The Kier molecular flexibility index (Phi) is 4.76. The maximum atomic E-state index is 13.0. The van der Waals surface area contributed by atoms with Gasteiger partial charge in [-0.3, -0.25) is 4.79 Å². The van der Waals surface area contributed by atoms with Gasteiger partial charge in [0.25, 0.3) is 5.91 Å². The number of para-hydroxylation sites is 1. The molecule has 3 rings (SSSR count). The zero-order valence-electron chi connectivity index (χ0n) is 15.0. The monoisotopic (exact) mass is 326 g/mol. The van der Waals surface area contributed by atoms with Crippen molar-refractivity contribution in [1.82, 2.24) is 9.47 Å². The molecule has 1 aliphatic rings. The third-order valence-corrected chi connectivity index (χ3v) is 5.08. The van der Waals surface area contributed by atoms with Crippen LogP contribution in [0.15, 0.2) is 30.3 Å². The molecule has 128 valence electrons. The zero-order valence-corrected chi connectivity index (χ0v) is 15.0. The second-order valence-corrected chi connectivity index (χ2v) is 6.63. The average molecular weight is 326 g/mol. The summed E-state index contributed by atoms with van der Waals surface area (Å²) in [5.74, 6) is 0.137. The summed E-state index contributed by atoms with van der Waals surface area (Å²) in [5.41, 5.74) is 5.27. The van der Waals surface area contributed by atoms with E-state index in [1.807, 2.05) is 30.0 Å². The molecule has 1 aliphatic heterocycles. The molecule has 4 nitrogen and oxygen atoms in total. The Labute approximate surface area is 144 Å². The first-order chi connectivity index (χ1) is 11.5. The van der Waals surface area contributed by atoms with Gasteiger partial charge in [-0.1, -0.05) is 18.2 Å². The third kappa shape index (κ3) is 2.98. The summed E-state index contributed by atoms with van der Waals surface area (Å²) < 4.78 is 7.59. The van der Waals surface area contributed by atoms with Crippen molar-refractivity contribution in [3.8, 4) is 5.69 Å². The minimum Gasteiger partial charge on any atom is -0.381 e. The quantitative estimate of drug-likeness (QED) is 0.863. The number of nitrogens with zero attached hydrogens (tertiary/aromatic N) is 2. The fraction of sp³-hybridized carbons (Fsp3) is 0.450. The highest BCUT2D eigenvalue weighted by Crippen LogP contribution is 2.25. The number of aromatic nitrogens is 1. The lowest BCUT2D eigenvalue weighted by atomic mass is 10.1. The van der Waals surface area contributed by atoms with Crippen LogP contribution in [0.5, 0.6) is 0 Å². The van der Waals surface area contributed by atoms with Crippen LogP contribution in [0.3, 0.4) is 0 Å². The number of hydrogen-bond donors (Lipinski definition) is 0. The van der Waals surface area contributed by atoms with Gasteiger partial charge in [0.05, 0.1) is 11.7 Å². The van der Waals surface area contributed by atoms with Gasteiger partial charge >= 0.3 is 0 Å². The Morgan fingerprint density at radius 1 is 1.12 bits per heavy atom. The van der Waals surface area contributed by atoms with E-state index in [0.29, 0.717) is 0 Å². The number of piperidine rings is 1. The number of rotatable bonds is 3. The van der Waals surface area contributed by atoms with E-state index < -0.39 is 0 Å². The number of carbonyl (C=O) groups excluding carboxylic acids is 1. The number of benzene rings is 1. The van der Waals surface area contributed by atoms with Crippen molar-refractivity contribution < 1.29 is 9.53 Å². The van der Waals surface area contributed by atoms with Crippen LogP contribution in [0.1, 0.15) is 40.2 Å². The number of amides is 1. The molecule has 24 heavy (non-hydrogen) atoms. The van der Waals surface area contributed by atoms with Crippen molar-refractivity contribution in [2.24, 2.45) is 0 Å². The molecule has 0 spiro atoms. The number of methoxy groups -OCH3 is 1. The highest BCUT2D eigenvalue weighted by atomic mass is 16.5. The van der Waals surface area contributed by atoms with Crippen LogP contribution in [0.4, 0.5) is 0 Å². The van der Waals surface area contributed by atoms with Crippen molar-refractivity contribution in [2.45, 2.75) is 39.7 Å². The largest absolute Gasteiger partial charge is 0.381 e. The van der Waals surface area contributed by atoms with Gasteiger partial charge in [-0.05, 0) is 51.3 Å².